The standard InChI is InChI=1S/C19H16F3NO3/c1-3-5-14-13-10-11(19(20,21)18(24)23-22)8-9-12(13)17-15(25-2)6-4-7-16(17)26-14/h3-4,6-10,14H,1,5H2,2H3,(H,23,24). The van der Waals surface area contributed by atoms with Gasteiger partial charge in [-0.15, -0.1) is 11.1 Å². The van der Waals surface area contributed by atoms with Gasteiger partial charge in [0.05, 0.1) is 12.7 Å². The zero-order chi connectivity index (χ0) is 18.9. The van der Waals surface area contributed by atoms with Crippen molar-refractivity contribution in [2.75, 3.05) is 7.11 Å². The molecule has 1 heterocycles. The zero-order valence-electron chi connectivity index (χ0n) is 13.9. The third-order valence-electron chi connectivity index (χ3n) is 4.26. The molecule has 2 aromatic rings. The molecule has 0 fully saturated rings. The predicted octanol–water partition coefficient (Wildman–Crippen LogP) is 4.46. The van der Waals surface area contributed by atoms with Gasteiger partial charge in [-0.3, -0.25) is 4.79 Å². The lowest BCUT2D eigenvalue weighted by Crippen LogP contribution is -2.34. The Morgan fingerprint density at radius 3 is 2.81 bits per heavy atom. The molecule has 0 bridgehead atoms. The van der Waals surface area contributed by atoms with Crippen molar-refractivity contribution >= 4 is 5.91 Å². The molecule has 3 rings (SSSR count). The number of rotatable bonds is 5. The Labute approximate surface area is 148 Å². The molecule has 0 aromatic heterocycles. The van der Waals surface area contributed by atoms with Gasteiger partial charge in [0.25, 0.3) is 0 Å². The van der Waals surface area contributed by atoms with Gasteiger partial charge in [-0.25, -0.2) is 0 Å². The van der Waals surface area contributed by atoms with Crippen LogP contribution in [0.5, 0.6) is 11.5 Å². The van der Waals surface area contributed by atoms with Crippen molar-refractivity contribution < 1.29 is 27.5 Å². The fraction of sp³-hybridized carbons (Fsp3) is 0.211. The van der Waals surface area contributed by atoms with E-state index >= 15 is 0 Å². The Hall–Kier alpha value is -2.96. The molecule has 136 valence electrons. The number of hydrogen-bond donors (Lipinski definition) is 1. The summed E-state index contributed by atoms with van der Waals surface area (Å²) in [6.45, 7) is 3.66. The van der Waals surface area contributed by atoms with Crippen molar-refractivity contribution in [3.05, 3.63) is 60.2 Å². The lowest BCUT2D eigenvalue weighted by Gasteiger charge is -2.30. The molecule has 0 saturated carbocycles. The molecule has 0 aliphatic carbocycles. The topological polar surface area (TPSA) is 47.6 Å². The molecule has 0 spiro atoms. The van der Waals surface area contributed by atoms with Crippen LogP contribution in [-0.2, 0) is 10.7 Å². The average molecular weight is 363 g/mol. The molecule has 1 atom stereocenters. The van der Waals surface area contributed by atoms with Crippen LogP contribution in [0.4, 0.5) is 13.3 Å². The summed E-state index contributed by atoms with van der Waals surface area (Å²) in [6.07, 6.45) is 1.42. The Morgan fingerprint density at radius 2 is 2.15 bits per heavy atom. The van der Waals surface area contributed by atoms with Crippen LogP contribution in [0.3, 0.4) is 0 Å². The van der Waals surface area contributed by atoms with Crippen LogP contribution in [0.1, 0.15) is 23.7 Å². The molecule has 1 aliphatic heterocycles. The Morgan fingerprint density at radius 1 is 1.38 bits per heavy atom. The van der Waals surface area contributed by atoms with Gasteiger partial charge < -0.3 is 9.47 Å². The first kappa shape index (κ1) is 17.8. The SMILES string of the molecule is C=CCC1Oc2cccc(OC)c2-c2ccc(C(F)(F)C(=O)NF)cc21. The number of ether oxygens (including phenoxy) is 2. The minimum Gasteiger partial charge on any atom is -0.496 e. The number of methoxy groups -OCH3 is 1. The second-order valence-electron chi connectivity index (χ2n) is 5.76. The maximum Gasteiger partial charge on any atom is 0.352 e. The number of halogens is 3. The minimum atomic E-state index is -4.01. The molecule has 1 N–H and O–H groups in total. The molecule has 1 aliphatic rings. The highest BCUT2D eigenvalue weighted by molar-refractivity contribution is 5.85. The summed E-state index contributed by atoms with van der Waals surface area (Å²) in [5, 5.41) is 0. The van der Waals surface area contributed by atoms with Crippen LogP contribution in [0.25, 0.3) is 11.1 Å². The predicted molar refractivity (Wildman–Crippen MR) is 89.8 cm³/mol. The van der Waals surface area contributed by atoms with E-state index in [0.29, 0.717) is 40.1 Å². The first-order chi connectivity index (χ1) is 12.4. The van der Waals surface area contributed by atoms with Crippen LogP contribution in [-0.4, -0.2) is 13.0 Å². The number of amides is 1. The fourth-order valence-corrected chi connectivity index (χ4v) is 3.03. The summed E-state index contributed by atoms with van der Waals surface area (Å²) in [4.78, 5) is 11.2. The summed E-state index contributed by atoms with van der Waals surface area (Å²) in [6, 6.07) is 8.98. The molecule has 7 heteroatoms. The monoisotopic (exact) mass is 363 g/mol. The molecular weight excluding hydrogens is 347 g/mol. The van der Waals surface area contributed by atoms with Gasteiger partial charge in [0.2, 0.25) is 0 Å². The van der Waals surface area contributed by atoms with Crippen LogP contribution < -0.4 is 15.0 Å². The first-order valence-electron chi connectivity index (χ1n) is 7.82. The highest BCUT2D eigenvalue weighted by atomic mass is 19.3. The molecule has 26 heavy (non-hydrogen) atoms. The second kappa shape index (κ2) is 6.74. The summed E-state index contributed by atoms with van der Waals surface area (Å²) >= 11 is 0. The zero-order valence-corrected chi connectivity index (χ0v) is 13.9. The number of alkyl halides is 2. The quantitative estimate of drug-likeness (QED) is 0.630. The van der Waals surface area contributed by atoms with Crippen LogP contribution in [0.15, 0.2) is 49.1 Å². The van der Waals surface area contributed by atoms with Crippen molar-refractivity contribution in [2.45, 2.75) is 18.4 Å². The van der Waals surface area contributed by atoms with Crippen molar-refractivity contribution in [1.29, 1.82) is 0 Å². The molecule has 0 radical (unpaired) electrons. The van der Waals surface area contributed by atoms with E-state index in [4.69, 9.17) is 9.47 Å². The first-order valence-corrected chi connectivity index (χ1v) is 7.82. The lowest BCUT2D eigenvalue weighted by molar-refractivity contribution is -0.151. The van der Waals surface area contributed by atoms with Crippen molar-refractivity contribution in [2.24, 2.45) is 0 Å². The number of carbonyl (C=O) groups excluding carboxylic acids is 1. The van der Waals surface area contributed by atoms with E-state index in [1.807, 2.05) is 0 Å². The fourth-order valence-electron chi connectivity index (χ4n) is 3.03. The van der Waals surface area contributed by atoms with Gasteiger partial charge in [0, 0.05) is 17.5 Å². The summed E-state index contributed by atoms with van der Waals surface area (Å²) in [5.41, 5.74) is 1.61. The number of nitrogens with one attached hydrogen (secondary N) is 1. The molecule has 4 nitrogen and oxygen atoms in total. The molecule has 2 aromatic carbocycles. The van der Waals surface area contributed by atoms with E-state index in [9.17, 15) is 18.1 Å². The smallest absolute Gasteiger partial charge is 0.352 e. The Kier molecular flexibility index (Phi) is 4.63. The van der Waals surface area contributed by atoms with E-state index in [-0.39, 0.29) is 0 Å². The summed E-state index contributed by atoms with van der Waals surface area (Å²) < 4.78 is 51.8. The highest BCUT2D eigenvalue weighted by Gasteiger charge is 2.42. The maximum atomic E-state index is 14.1. The van der Waals surface area contributed by atoms with Gasteiger partial charge in [-0.2, -0.15) is 14.3 Å². The van der Waals surface area contributed by atoms with E-state index in [1.165, 1.54) is 13.2 Å². The molecule has 0 saturated heterocycles. The summed E-state index contributed by atoms with van der Waals surface area (Å²) in [7, 11) is 1.50. The van der Waals surface area contributed by atoms with Crippen LogP contribution in [0, 0.1) is 0 Å². The third kappa shape index (κ3) is 2.79. The average Bonchev–Trinajstić information content (AvgIpc) is 2.66. The van der Waals surface area contributed by atoms with Crippen molar-refractivity contribution in [1.82, 2.24) is 5.54 Å². The van der Waals surface area contributed by atoms with Gasteiger partial charge >= 0.3 is 11.8 Å². The minimum absolute atomic E-state index is 0.369. The maximum absolute atomic E-state index is 14.1. The Balaban J connectivity index is 2.20. The molecular formula is C19H16F3NO3. The molecule has 1 unspecified atom stereocenters. The van der Waals surface area contributed by atoms with E-state index < -0.39 is 23.5 Å². The van der Waals surface area contributed by atoms with E-state index in [2.05, 4.69) is 6.58 Å². The largest absolute Gasteiger partial charge is 0.496 e. The van der Waals surface area contributed by atoms with Crippen molar-refractivity contribution in [3.63, 3.8) is 0 Å². The Bertz CT molecular complexity index is 867. The van der Waals surface area contributed by atoms with E-state index in [1.54, 1.807) is 24.3 Å². The number of fused-ring (bicyclic) bond motifs is 3. The van der Waals surface area contributed by atoms with Gasteiger partial charge in [0.1, 0.15) is 17.6 Å². The number of carbonyl (C=O) groups is 1. The number of benzene rings is 2. The van der Waals surface area contributed by atoms with Crippen molar-refractivity contribution in [3.8, 4) is 22.6 Å². The number of hydrogen-bond acceptors (Lipinski definition) is 3. The summed E-state index contributed by atoms with van der Waals surface area (Å²) in [5.74, 6) is -4.94. The van der Waals surface area contributed by atoms with Crippen LogP contribution >= 0.6 is 0 Å². The van der Waals surface area contributed by atoms with E-state index in [0.717, 1.165) is 12.1 Å². The molecule has 1 amide bonds. The normalized spacial score (nSPS) is 15.3. The lowest BCUT2D eigenvalue weighted by atomic mass is 9.88. The van der Waals surface area contributed by atoms with Crippen LogP contribution in [0.2, 0.25) is 0 Å². The van der Waals surface area contributed by atoms with Gasteiger partial charge in [0.15, 0.2) is 0 Å². The highest BCUT2D eigenvalue weighted by Crippen LogP contribution is 2.49. The van der Waals surface area contributed by atoms with Gasteiger partial charge in [-0.1, -0.05) is 24.3 Å². The third-order valence-corrected chi connectivity index (χ3v) is 4.26. The van der Waals surface area contributed by atoms with Gasteiger partial charge in [-0.05, 0) is 23.8 Å². The second-order valence-corrected chi connectivity index (χ2v) is 5.76.